The van der Waals surface area contributed by atoms with E-state index in [-0.39, 0.29) is 10.6 Å². The summed E-state index contributed by atoms with van der Waals surface area (Å²) in [5, 5.41) is 8.92. The fourth-order valence-corrected chi connectivity index (χ4v) is 4.28. The van der Waals surface area contributed by atoms with E-state index in [1.807, 2.05) is 0 Å². The second-order valence-electron chi connectivity index (χ2n) is 6.65. The van der Waals surface area contributed by atoms with Gasteiger partial charge in [0.05, 0.1) is 17.7 Å². The van der Waals surface area contributed by atoms with Gasteiger partial charge in [0, 0.05) is 17.3 Å². The average Bonchev–Trinajstić information content (AvgIpc) is 2.75. The molecule has 0 spiro atoms. The molecule has 8 heteroatoms. The molecule has 0 aliphatic heterocycles. The molecule has 158 valence electrons. The predicted molar refractivity (Wildman–Crippen MR) is 117 cm³/mol. The fraction of sp³-hybridized carbons (Fsp3) is 0.130. The van der Waals surface area contributed by atoms with E-state index in [0.29, 0.717) is 28.1 Å². The normalized spacial score (nSPS) is 10.7. The van der Waals surface area contributed by atoms with E-state index < -0.39 is 16.0 Å². The Kier molecular flexibility index (Phi) is 6.28. The second kappa shape index (κ2) is 8.90. The summed E-state index contributed by atoms with van der Waals surface area (Å²) >= 11 is 0. The van der Waals surface area contributed by atoms with E-state index >= 15 is 0 Å². The van der Waals surface area contributed by atoms with Gasteiger partial charge in [0.15, 0.2) is 0 Å². The number of hydrogen-bond acceptors (Lipinski definition) is 5. The molecule has 1 aromatic heterocycles. The van der Waals surface area contributed by atoms with Gasteiger partial charge < -0.3 is 9.84 Å². The molecular formula is C23H20N2O5S. The maximum absolute atomic E-state index is 13.0. The van der Waals surface area contributed by atoms with E-state index in [0.717, 1.165) is 5.56 Å². The van der Waals surface area contributed by atoms with Crippen molar-refractivity contribution < 1.29 is 23.1 Å². The van der Waals surface area contributed by atoms with E-state index in [2.05, 4.69) is 21.5 Å². The number of aromatic nitrogens is 1. The number of nitrogens with one attached hydrogen (secondary N) is 1. The number of ether oxygens (including phenoxy) is 1. The molecule has 0 bridgehead atoms. The first kappa shape index (κ1) is 21.9. The average molecular weight is 436 g/mol. The lowest BCUT2D eigenvalue weighted by Gasteiger charge is -2.15. The lowest BCUT2D eigenvalue weighted by molar-refractivity contribution is 0.0690. The van der Waals surface area contributed by atoms with Crippen LogP contribution in [0, 0.1) is 25.7 Å². The molecular weight excluding hydrogens is 416 g/mol. The van der Waals surface area contributed by atoms with Gasteiger partial charge >= 0.3 is 5.97 Å². The van der Waals surface area contributed by atoms with Crippen LogP contribution in [0.5, 0.6) is 5.75 Å². The Balaban J connectivity index is 1.93. The zero-order chi connectivity index (χ0) is 22.6. The Morgan fingerprint density at radius 2 is 1.77 bits per heavy atom. The zero-order valence-corrected chi connectivity index (χ0v) is 17.9. The predicted octanol–water partition coefficient (Wildman–Crippen LogP) is 3.61. The lowest BCUT2D eigenvalue weighted by atomic mass is 10.1. The van der Waals surface area contributed by atoms with Crippen molar-refractivity contribution in [3.63, 3.8) is 0 Å². The Labute approximate surface area is 180 Å². The van der Waals surface area contributed by atoms with Crippen LogP contribution in [0.1, 0.15) is 32.7 Å². The Hall–Kier alpha value is -3.83. The number of carbonyl (C=O) groups is 1. The lowest BCUT2D eigenvalue weighted by Crippen LogP contribution is -2.15. The van der Waals surface area contributed by atoms with Gasteiger partial charge in [-0.3, -0.25) is 4.72 Å². The van der Waals surface area contributed by atoms with Crippen molar-refractivity contribution in [2.24, 2.45) is 0 Å². The number of para-hydroxylation sites is 1. The van der Waals surface area contributed by atoms with Crippen molar-refractivity contribution in [1.82, 2.24) is 4.98 Å². The highest BCUT2D eigenvalue weighted by molar-refractivity contribution is 7.92. The minimum atomic E-state index is -3.86. The van der Waals surface area contributed by atoms with Crippen LogP contribution in [0.4, 0.5) is 5.69 Å². The number of rotatable bonds is 5. The van der Waals surface area contributed by atoms with E-state index in [1.54, 1.807) is 50.2 Å². The SMILES string of the molecule is COc1ccc(S(=O)(=O)Nc2ccccc2C#Cc2ccc(C(=O)O)nc2)c(C)c1C. The van der Waals surface area contributed by atoms with Gasteiger partial charge in [0.2, 0.25) is 0 Å². The number of sulfonamides is 1. The largest absolute Gasteiger partial charge is 0.496 e. The smallest absolute Gasteiger partial charge is 0.354 e. The standard InChI is InChI=1S/C23H20N2O5S/c1-15-16(2)22(13-12-21(15)30-3)31(28,29)25-19-7-5-4-6-18(19)10-8-17-9-11-20(23(26)27)24-14-17/h4-7,9,11-14,25H,1-3H3,(H,26,27). The number of aromatic carboxylic acids is 1. The molecule has 2 aromatic carbocycles. The van der Waals surface area contributed by atoms with Crippen molar-refractivity contribution in [3.8, 4) is 17.6 Å². The van der Waals surface area contributed by atoms with Crippen LogP contribution in [-0.4, -0.2) is 31.6 Å². The molecule has 3 aromatic rings. The third-order valence-electron chi connectivity index (χ3n) is 4.69. The summed E-state index contributed by atoms with van der Waals surface area (Å²) in [6, 6.07) is 12.8. The topological polar surface area (TPSA) is 106 Å². The quantitative estimate of drug-likeness (QED) is 0.592. The van der Waals surface area contributed by atoms with Gasteiger partial charge in [-0.25, -0.2) is 18.2 Å². The number of hydrogen-bond donors (Lipinski definition) is 2. The van der Waals surface area contributed by atoms with Crippen molar-refractivity contribution in [3.05, 3.63) is 82.7 Å². The van der Waals surface area contributed by atoms with Gasteiger partial charge in [-0.2, -0.15) is 0 Å². The summed E-state index contributed by atoms with van der Waals surface area (Å²) < 4.78 is 33.9. The number of carboxylic acids is 1. The maximum Gasteiger partial charge on any atom is 0.354 e. The van der Waals surface area contributed by atoms with Crippen molar-refractivity contribution in [1.29, 1.82) is 0 Å². The van der Waals surface area contributed by atoms with Crippen LogP contribution >= 0.6 is 0 Å². The van der Waals surface area contributed by atoms with Crippen LogP contribution in [0.15, 0.2) is 59.6 Å². The molecule has 0 unspecified atom stereocenters. The molecule has 2 N–H and O–H groups in total. The summed E-state index contributed by atoms with van der Waals surface area (Å²) in [5.74, 6) is 5.28. The van der Waals surface area contributed by atoms with Gasteiger partial charge in [-0.05, 0) is 61.4 Å². The van der Waals surface area contributed by atoms with Crippen molar-refractivity contribution in [2.45, 2.75) is 18.7 Å². The molecule has 1 heterocycles. The zero-order valence-electron chi connectivity index (χ0n) is 17.1. The van der Waals surface area contributed by atoms with Crippen LogP contribution < -0.4 is 9.46 Å². The summed E-state index contributed by atoms with van der Waals surface area (Å²) in [6.45, 7) is 3.53. The van der Waals surface area contributed by atoms with Crippen LogP contribution in [0.25, 0.3) is 0 Å². The van der Waals surface area contributed by atoms with E-state index in [4.69, 9.17) is 9.84 Å². The third-order valence-corrected chi connectivity index (χ3v) is 6.20. The molecule has 0 aliphatic rings. The number of anilines is 1. The Morgan fingerprint density at radius 3 is 2.42 bits per heavy atom. The van der Waals surface area contributed by atoms with Crippen LogP contribution in [0.3, 0.4) is 0 Å². The van der Waals surface area contributed by atoms with E-state index in [1.165, 1.54) is 25.4 Å². The second-order valence-corrected chi connectivity index (χ2v) is 8.31. The number of benzene rings is 2. The molecule has 0 aliphatic carbocycles. The molecule has 0 atom stereocenters. The maximum atomic E-state index is 13.0. The Bertz CT molecular complexity index is 1300. The van der Waals surface area contributed by atoms with Crippen LogP contribution in [0.2, 0.25) is 0 Å². The summed E-state index contributed by atoms with van der Waals surface area (Å²) in [5.41, 5.74) is 2.57. The van der Waals surface area contributed by atoms with Gasteiger partial charge in [-0.15, -0.1) is 0 Å². The molecule has 7 nitrogen and oxygen atoms in total. The molecule has 31 heavy (non-hydrogen) atoms. The summed E-state index contributed by atoms with van der Waals surface area (Å²) in [4.78, 5) is 14.9. The monoisotopic (exact) mass is 436 g/mol. The number of pyridine rings is 1. The van der Waals surface area contributed by atoms with Gasteiger partial charge in [0.1, 0.15) is 11.4 Å². The van der Waals surface area contributed by atoms with Crippen molar-refractivity contribution >= 4 is 21.7 Å². The third kappa shape index (κ3) is 4.85. The molecule has 0 fully saturated rings. The first-order chi connectivity index (χ1) is 14.7. The summed E-state index contributed by atoms with van der Waals surface area (Å²) in [6.07, 6.45) is 1.35. The highest BCUT2D eigenvalue weighted by atomic mass is 32.2. The number of carboxylic acid groups (broad SMARTS) is 1. The Morgan fingerprint density at radius 1 is 1.03 bits per heavy atom. The molecule has 0 amide bonds. The molecule has 3 rings (SSSR count). The first-order valence-corrected chi connectivity index (χ1v) is 10.7. The van der Waals surface area contributed by atoms with E-state index in [9.17, 15) is 13.2 Å². The number of methoxy groups -OCH3 is 1. The molecule has 0 saturated carbocycles. The highest BCUT2D eigenvalue weighted by Crippen LogP contribution is 2.28. The fourth-order valence-electron chi connectivity index (χ4n) is 2.90. The minimum absolute atomic E-state index is 0.0798. The minimum Gasteiger partial charge on any atom is -0.496 e. The van der Waals surface area contributed by atoms with Gasteiger partial charge in [-0.1, -0.05) is 24.0 Å². The number of nitrogens with zero attached hydrogens (tertiary/aromatic N) is 1. The first-order valence-electron chi connectivity index (χ1n) is 9.20. The van der Waals surface area contributed by atoms with Crippen molar-refractivity contribution in [2.75, 3.05) is 11.8 Å². The molecule has 0 saturated heterocycles. The summed E-state index contributed by atoms with van der Waals surface area (Å²) in [7, 11) is -2.33. The highest BCUT2D eigenvalue weighted by Gasteiger charge is 2.20. The molecule has 0 radical (unpaired) electrons. The van der Waals surface area contributed by atoms with Gasteiger partial charge in [0.25, 0.3) is 10.0 Å². The van der Waals surface area contributed by atoms with Crippen LogP contribution in [-0.2, 0) is 10.0 Å².